The van der Waals surface area contributed by atoms with Gasteiger partial charge in [-0.3, -0.25) is 4.90 Å². The van der Waals surface area contributed by atoms with E-state index >= 15 is 0 Å². The van der Waals surface area contributed by atoms with E-state index in [2.05, 4.69) is 6.07 Å². The second kappa shape index (κ2) is 6.64. The minimum absolute atomic E-state index is 0.0349. The Morgan fingerprint density at radius 3 is 2.39 bits per heavy atom. The number of fused-ring (bicyclic) bond motifs is 1. The summed E-state index contributed by atoms with van der Waals surface area (Å²) in [7, 11) is -3.23. The lowest BCUT2D eigenvalue weighted by atomic mass is 10.1. The van der Waals surface area contributed by atoms with Gasteiger partial charge in [-0.25, -0.2) is 13.2 Å². The van der Waals surface area contributed by atoms with Crippen LogP contribution in [0.1, 0.15) is 22.3 Å². The summed E-state index contributed by atoms with van der Waals surface area (Å²) in [5, 5.41) is 9.36. The van der Waals surface area contributed by atoms with E-state index in [9.17, 15) is 18.5 Å². The summed E-state index contributed by atoms with van der Waals surface area (Å²) < 4.78 is 24.7. The first-order valence-corrected chi connectivity index (χ1v) is 11.0. The van der Waals surface area contributed by atoms with Crippen LogP contribution in [-0.4, -0.2) is 42.9 Å². The lowest BCUT2D eigenvalue weighted by molar-refractivity contribution is 0.206. The van der Waals surface area contributed by atoms with E-state index in [1.165, 1.54) is 0 Å². The zero-order valence-electron chi connectivity index (χ0n) is 15.8. The average molecular weight is 395 g/mol. The molecule has 2 heterocycles. The summed E-state index contributed by atoms with van der Waals surface area (Å²) in [5.74, 6) is -0.0772. The normalized spacial score (nSPS) is 23.0. The highest BCUT2D eigenvalue weighted by molar-refractivity contribution is 7.91. The van der Waals surface area contributed by atoms with Crippen LogP contribution in [0.5, 0.6) is 0 Å². The molecule has 2 atom stereocenters. The first-order chi connectivity index (χ1) is 13.3. The number of anilines is 1. The molecule has 0 aliphatic carbocycles. The maximum Gasteiger partial charge on any atom is 0.325 e. The largest absolute Gasteiger partial charge is 0.325 e. The molecule has 0 radical (unpaired) electrons. The molecular weight excluding hydrogens is 374 g/mol. The van der Waals surface area contributed by atoms with Crippen molar-refractivity contribution in [2.24, 2.45) is 0 Å². The third kappa shape index (κ3) is 3.14. The molecule has 144 valence electrons. The third-order valence-electron chi connectivity index (χ3n) is 5.44. The minimum atomic E-state index is -3.23. The molecule has 2 aromatic rings. The Morgan fingerprint density at radius 1 is 1.07 bits per heavy atom. The molecule has 7 heteroatoms. The van der Waals surface area contributed by atoms with Crippen molar-refractivity contribution in [3.8, 4) is 6.07 Å². The zero-order valence-corrected chi connectivity index (χ0v) is 16.6. The first kappa shape index (κ1) is 18.5. The SMILES string of the molecule is Cc1cc(C)cc(N2C(=O)N(Cc3ccccc3C#N)[C@H]3CS(=O)(=O)C[C@H]32)c1. The molecular formula is C21H21N3O3S. The monoisotopic (exact) mass is 395 g/mol. The lowest BCUT2D eigenvalue weighted by Crippen LogP contribution is -2.37. The number of aryl methyl sites for hydroxylation is 2. The Morgan fingerprint density at radius 2 is 1.71 bits per heavy atom. The second-order valence-corrected chi connectivity index (χ2v) is 9.76. The van der Waals surface area contributed by atoms with E-state index in [1.807, 2.05) is 44.2 Å². The van der Waals surface area contributed by atoms with E-state index in [4.69, 9.17) is 0 Å². The van der Waals surface area contributed by atoms with Gasteiger partial charge in [-0.2, -0.15) is 5.26 Å². The molecule has 0 aromatic heterocycles. The Balaban J connectivity index is 1.76. The fourth-order valence-electron chi connectivity index (χ4n) is 4.30. The van der Waals surface area contributed by atoms with E-state index in [0.717, 1.165) is 22.4 Å². The number of sulfone groups is 1. The molecule has 6 nitrogen and oxygen atoms in total. The summed E-state index contributed by atoms with van der Waals surface area (Å²) in [6.45, 7) is 4.14. The molecule has 2 saturated heterocycles. The van der Waals surface area contributed by atoms with Crippen molar-refractivity contribution in [1.82, 2.24) is 4.90 Å². The maximum absolute atomic E-state index is 13.3. The van der Waals surface area contributed by atoms with E-state index < -0.39 is 21.9 Å². The van der Waals surface area contributed by atoms with Crippen LogP contribution in [0.25, 0.3) is 0 Å². The van der Waals surface area contributed by atoms with Gasteiger partial charge in [0, 0.05) is 12.2 Å². The second-order valence-electron chi connectivity index (χ2n) is 7.61. The van der Waals surface area contributed by atoms with Gasteiger partial charge in [-0.05, 0) is 48.7 Å². The van der Waals surface area contributed by atoms with Crippen LogP contribution in [0, 0.1) is 25.2 Å². The highest BCUT2D eigenvalue weighted by atomic mass is 32.2. The number of nitrogens with zero attached hydrogens (tertiary/aromatic N) is 3. The lowest BCUT2D eigenvalue weighted by Gasteiger charge is -2.23. The number of carbonyl (C=O) groups is 1. The van der Waals surface area contributed by atoms with Crippen molar-refractivity contribution < 1.29 is 13.2 Å². The topological polar surface area (TPSA) is 81.5 Å². The standard InChI is InChI=1S/C21H21N3O3S/c1-14-7-15(2)9-18(8-14)24-20-13-28(26,27)12-19(20)23(21(24)25)11-17-6-4-3-5-16(17)10-22/h3-9,19-20H,11-13H2,1-2H3/t19-,20+/m0/s1. The number of rotatable bonds is 3. The van der Waals surface area contributed by atoms with Crippen molar-refractivity contribution in [1.29, 1.82) is 5.26 Å². The van der Waals surface area contributed by atoms with Gasteiger partial charge in [0.2, 0.25) is 0 Å². The average Bonchev–Trinajstić information content (AvgIpc) is 3.05. The summed E-state index contributed by atoms with van der Waals surface area (Å²) in [5.41, 5.74) is 3.99. The molecule has 0 N–H and O–H groups in total. The Hall–Kier alpha value is -2.85. The van der Waals surface area contributed by atoms with Gasteiger partial charge < -0.3 is 4.90 Å². The minimum Gasteiger partial charge on any atom is -0.314 e. The summed E-state index contributed by atoms with van der Waals surface area (Å²) >= 11 is 0. The molecule has 28 heavy (non-hydrogen) atoms. The maximum atomic E-state index is 13.3. The van der Waals surface area contributed by atoms with E-state index in [-0.39, 0.29) is 24.1 Å². The molecule has 2 aromatic carbocycles. The summed E-state index contributed by atoms with van der Waals surface area (Å²) in [4.78, 5) is 16.6. The van der Waals surface area contributed by atoms with Crippen molar-refractivity contribution in [3.63, 3.8) is 0 Å². The van der Waals surface area contributed by atoms with Gasteiger partial charge in [0.05, 0.1) is 35.2 Å². The number of carbonyl (C=O) groups excluding carboxylic acids is 1. The molecule has 2 aliphatic heterocycles. The van der Waals surface area contributed by atoms with Crippen LogP contribution in [-0.2, 0) is 16.4 Å². The zero-order chi connectivity index (χ0) is 20.1. The Labute approximate surface area is 164 Å². The van der Waals surface area contributed by atoms with Crippen molar-refractivity contribution in [3.05, 3.63) is 64.7 Å². The van der Waals surface area contributed by atoms with Crippen molar-refractivity contribution in [2.75, 3.05) is 16.4 Å². The van der Waals surface area contributed by atoms with Gasteiger partial charge in [0.1, 0.15) is 0 Å². The number of hydrogen-bond donors (Lipinski definition) is 0. The van der Waals surface area contributed by atoms with E-state index in [0.29, 0.717) is 5.56 Å². The molecule has 2 aliphatic rings. The van der Waals surface area contributed by atoms with Gasteiger partial charge in [0.15, 0.2) is 9.84 Å². The smallest absolute Gasteiger partial charge is 0.314 e. The number of urea groups is 1. The van der Waals surface area contributed by atoms with Crippen LogP contribution in [0.2, 0.25) is 0 Å². The highest BCUT2D eigenvalue weighted by Gasteiger charge is 2.53. The van der Waals surface area contributed by atoms with Gasteiger partial charge in [-0.1, -0.05) is 24.3 Å². The number of hydrogen-bond acceptors (Lipinski definition) is 4. The number of amides is 2. The fourth-order valence-corrected chi connectivity index (χ4v) is 6.25. The molecule has 2 amide bonds. The van der Waals surface area contributed by atoms with Gasteiger partial charge >= 0.3 is 6.03 Å². The summed E-state index contributed by atoms with van der Waals surface area (Å²) in [6.07, 6.45) is 0. The predicted octanol–water partition coefficient (Wildman–Crippen LogP) is 2.78. The van der Waals surface area contributed by atoms with Crippen molar-refractivity contribution >= 4 is 21.6 Å². The van der Waals surface area contributed by atoms with Gasteiger partial charge in [-0.15, -0.1) is 0 Å². The van der Waals surface area contributed by atoms with E-state index in [1.54, 1.807) is 21.9 Å². The van der Waals surface area contributed by atoms with Crippen LogP contribution < -0.4 is 4.90 Å². The Bertz CT molecular complexity index is 1080. The van der Waals surface area contributed by atoms with Crippen LogP contribution in [0.3, 0.4) is 0 Å². The van der Waals surface area contributed by atoms with Crippen LogP contribution in [0.4, 0.5) is 10.5 Å². The molecule has 0 saturated carbocycles. The molecule has 0 spiro atoms. The first-order valence-electron chi connectivity index (χ1n) is 9.15. The van der Waals surface area contributed by atoms with Gasteiger partial charge in [0.25, 0.3) is 0 Å². The predicted molar refractivity (Wildman–Crippen MR) is 107 cm³/mol. The fraction of sp³-hybridized carbons (Fsp3) is 0.333. The van der Waals surface area contributed by atoms with Crippen LogP contribution >= 0.6 is 0 Å². The molecule has 0 unspecified atom stereocenters. The quantitative estimate of drug-likeness (QED) is 0.749. The molecule has 2 fully saturated rings. The summed E-state index contributed by atoms with van der Waals surface area (Å²) in [6, 6.07) is 14.1. The van der Waals surface area contributed by atoms with Crippen molar-refractivity contribution in [2.45, 2.75) is 32.5 Å². The molecule has 4 rings (SSSR count). The van der Waals surface area contributed by atoms with Crippen LogP contribution in [0.15, 0.2) is 42.5 Å². The number of benzene rings is 2. The third-order valence-corrected chi connectivity index (χ3v) is 7.14. The highest BCUT2D eigenvalue weighted by Crippen LogP contribution is 2.36. The number of nitriles is 1. The molecule has 0 bridgehead atoms. The Kier molecular flexibility index (Phi) is 4.39.